The molecule has 142 valence electrons. The Morgan fingerprint density at radius 1 is 1.19 bits per heavy atom. The molecule has 1 atom stereocenters. The Morgan fingerprint density at radius 3 is 2.63 bits per heavy atom. The van der Waals surface area contributed by atoms with Crippen molar-refractivity contribution < 1.29 is 14.0 Å². The molecule has 2 saturated heterocycles. The van der Waals surface area contributed by atoms with E-state index in [4.69, 9.17) is 4.42 Å². The zero-order chi connectivity index (χ0) is 19.0. The molecular formula is C21H25N3O3. The Kier molecular flexibility index (Phi) is 4.50. The van der Waals surface area contributed by atoms with E-state index < -0.39 is 5.41 Å². The zero-order valence-corrected chi connectivity index (χ0v) is 15.9. The number of carbonyl (C=O) groups excluding carboxylic acids is 2. The molecule has 0 radical (unpaired) electrons. The zero-order valence-electron chi connectivity index (χ0n) is 15.9. The molecule has 4 rings (SSSR count). The molecule has 0 saturated carbocycles. The van der Waals surface area contributed by atoms with Crippen molar-refractivity contribution >= 4 is 11.8 Å². The lowest BCUT2D eigenvalue weighted by atomic mass is 9.78. The molecule has 6 heteroatoms. The average Bonchev–Trinajstić information content (AvgIpc) is 3.34. The molecule has 2 aliphatic rings. The molecule has 2 aromatic rings. The van der Waals surface area contributed by atoms with E-state index in [1.807, 2.05) is 34.1 Å². The Balaban J connectivity index is 1.48. The second kappa shape index (κ2) is 6.83. The van der Waals surface area contributed by atoms with Gasteiger partial charge in [-0.25, -0.2) is 4.98 Å². The van der Waals surface area contributed by atoms with Gasteiger partial charge in [-0.2, -0.15) is 0 Å². The number of nitrogens with zero attached hydrogens (tertiary/aromatic N) is 3. The van der Waals surface area contributed by atoms with Crippen molar-refractivity contribution in [3.05, 3.63) is 42.4 Å². The van der Waals surface area contributed by atoms with Crippen molar-refractivity contribution in [2.45, 2.75) is 39.2 Å². The standard InChI is InChI=1S/C21H25N3O3/c1-15(2)24-10-3-8-21(20(24)26)9-11-23(13-21)19(25)17-6-4-16(5-7-17)18-12-22-14-27-18/h4-7,12,14-15H,3,8-11,13H2,1-2H3/t21-/m1/s1. The van der Waals surface area contributed by atoms with Crippen LogP contribution in [0, 0.1) is 5.41 Å². The fraction of sp³-hybridized carbons (Fsp3) is 0.476. The van der Waals surface area contributed by atoms with E-state index in [-0.39, 0.29) is 17.9 Å². The fourth-order valence-electron chi connectivity index (χ4n) is 4.34. The first-order valence-corrected chi connectivity index (χ1v) is 9.59. The van der Waals surface area contributed by atoms with Crippen molar-refractivity contribution in [1.29, 1.82) is 0 Å². The quantitative estimate of drug-likeness (QED) is 0.835. The van der Waals surface area contributed by atoms with Crippen molar-refractivity contribution in [1.82, 2.24) is 14.8 Å². The number of carbonyl (C=O) groups is 2. The topological polar surface area (TPSA) is 66.7 Å². The third-order valence-corrected chi connectivity index (χ3v) is 5.88. The summed E-state index contributed by atoms with van der Waals surface area (Å²) in [6, 6.07) is 7.57. The van der Waals surface area contributed by atoms with Crippen LogP contribution in [0.25, 0.3) is 11.3 Å². The van der Waals surface area contributed by atoms with Gasteiger partial charge in [-0.05, 0) is 45.2 Å². The van der Waals surface area contributed by atoms with Crippen molar-refractivity contribution in [3.8, 4) is 11.3 Å². The molecule has 1 aromatic heterocycles. The molecule has 1 spiro atoms. The van der Waals surface area contributed by atoms with Gasteiger partial charge in [0.25, 0.3) is 5.91 Å². The van der Waals surface area contributed by atoms with E-state index in [1.165, 1.54) is 6.39 Å². The summed E-state index contributed by atoms with van der Waals surface area (Å²) in [5.41, 5.74) is 1.13. The van der Waals surface area contributed by atoms with Gasteiger partial charge in [-0.15, -0.1) is 0 Å². The first kappa shape index (κ1) is 17.8. The second-order valence-corrected chi connectivity index (χ2v) is 7.90. The molecule has 0 unspecified atom stereocenters. The summed E-state index contributed by atoms with van der Waals surface area (Å²) in [5, 5.41) is 0. The number of piperidine rings is 1. The van der Waals surface area contributed by atoms with Gasteiger partial charge in [-0.1, -0.05) is 12.1 Å². The van der Waals surface area contributed by atoms with Crippen LogP contribution in [0.15, 0.2) is 41.3 Å². The molecule has 27 heavy (non-hydrogen) atoms. The smallest absolute Gasteiger partial charge is 0.253 e. The van der Waals surface area contributed by atoms with Crippen LogP contribution in [0.4, 0.5) is 0 Å². The molecular weight excluding hydrogens is 342 g/mol. The third kappa shape index (κ3) is 3.13. The summed E-state index contributed by atoms with van der Waals surface area (Å²) in [6.07, 6.45) is 5.69. The minimum absolute atomic E-state index is 0.00883. The molecule has 2 amide bonds. The molecule has 0 bridgehead atoms. The fourth-order valence-corrected chi connectivity index (χ4v) is 4.34. The largest absolute Gasteiger partial charge is 0.444 e. The van der Waals surface area contributed by atoms with Gasteiger partial charge in [-0.3, -0.25) is 9.59 Å². The summed E-state index contributed by atoms with van der Waals surface area (Å²) in [6.45, 7) is 6.11. The highest BCUT2D eigenvalue weighted by molar-refractivity contribution is 5.96. The molecule has 2 aliphatic heterocycles. The lowest BCUT2D eigenvalue weighted by Crippen LogP contribution is -2.52. The van der Waals surface area contributed by atoms with Crippen LogP contribution >= 0.6 is 0 Å². The van der Waals surface area contributed by atoms with E-state index in [9.17, 15) is 9.59 Å². The van der Waals surface area contributed by atoms with Gasteiger partial charge < -0.3 is 14.2 Å². The third-order valence-electron chi connectivity index (χ3n) is 5.88. The molecule has 0 aliphatic carbocycles. The second-order valence-electron chi connectivity index (χ2n) is 7.90. The first-order valence-electron chi connectivity index (χ1n) is 9.59. The van der Waals surface area contributed by atoms with Gasteiger partial charge in [0.1, 0.15) is 0 Å². The summed E-state index contributed by atoms with van der Waals surface area (Å²) in [4.78, 5) is 33.7. The van der Waals surface area contributed by atoms with Crippen LogP contribution in [0.1, 0.15) is 43.5 Å². The number of amides is 2. The Hall–Kier alpha value is -2.63. The number of oxazole rings is 1. The average molecular weight is 367 g/mol. The molecule has 2 fully saturated rings. The Labute approximate surface area is 159 Å². The van der Waals surface area contributed by atoms with Gasteiger partial charge in [0.2, 0.25) is 5.91 Å². The number of hydrogen-bond donors (Lipinski definition) is 0. The van der Waals surface area contributed by atoms with Crippen LogP contribution in [-0.2, 0) is 4.79 Å². The summed E-state index contributed by atoms with van der Waals surface area (Å²) >= 11 is 0. The van der Waals surface area contributed by atoms with Crippen molar-refractivity contribution in [2.75, 3.05) is 19.6 Å². The Bertz CT molecular complexity index is 829. The number of benzene rings is 1. The van der Waals surface area contributed by atoms with Crippen molar-refractivity contribution in [2.24, 2.45) is 5.41 Å². The highest BCUT2D eigenvalue weighted by atomic mass is 16.3. The van der Waals surface area contributed by atoms with Crippen LogP contribution < -0.4 is 0 Å². The summed E-state index contributed by atoms with van der Waals surface area (Å²) < 4.78 is 5.29. The van der Waals surface area contributed by atoms with Crippen LogP contribution in [0.5, 0.6) is 0 Å². The van der Waals surface area contributed by atoms with Crippen LogP contribution in [0.3, 0.4) is 0 Å². The summed E-state index contributed by atoms with van der Waals surface area (Å²) in [5.74, 6) is 0.890. The van der Waals surface area contributed by atoms with Gasteiger partial charge >= 0.3 is 0 Å². The Morgan fingerprint density at radius 2 is 1.96 bits per heavy atom. The van der Waals surface area contributed by atoms with Crippen molar-refractivity contribution in [3.63, 3.8) is 0 Å². The van der Waals surface area contributed by atoms with E-state index in [0.717, 1.165) is 31.4 Å². The van der Waals surface area contributed by atoms with Gasteiger partial charge in [0.15, 0.2) is 12.2 Å². The normalized spacial score (nSPS) is 22.9. The maximum absolute atomic E-state index is 13.0. The number of likely N-dealkylation sites (tertiary alicyclic amines) is 2. The lowest BCUT2D eigenvalue weighted by Gasteiger charge is -2.41. The van der Waals surface area contributed by atoms with Gasteiger partial charge in [0.05, 0.1) is 11.6 Å². The maximum atomic E-state index is 13.0. The SMILES string of the molecule is CC(C)N1CCC[C@]2(CCN(C(=O)c3ccc(-c4cnco4)cc3)C2)C1=O. The van der Waals surface area contributed by atoms with E-state index in [0.29, 0.717) is 24.4 Å². The minimum Gasteiger partial charge on any atom is -0.444 e. The molecule has 0 N–H and O–H groups in total. The predicted molar refractivity (Wildman–Crippen MR) is 101 cm³/mol. The van der Waals surface area contributed by atoms with Crippen LogP contribution in [0.2, 0.25) is 0 Å². The first-order chi connectivity index (χ1) is 13.0. The molecule has 1 aromatic carbocycles. The maximum Gasteiger partial charge on any atom is 0.253 e. The predicted octanol–water partition coefficient (Wildman–Crippen LogP) is 3.20. The number of hydrogen-bond acceptors (Lipinski definition) is 4. The number of rotatable bonds is 3. The highest BCUT2D eigenvalue weighted by Gasteiger charge is 2.49. The van der Waals surface area contributed by atoms with E-state index in [1.54, 1.807) is 6.20 Å². The molecule has 3 heterocycles. The summed E-state index contributed by atoms with van der Waals surface area (Å²) in [7, 11) is 0. The van der Waals surface area contributed by atoms with Crippen LogP contribution in [-0.4, -0.2) is 52.3 Å². The number of aromatic nitrogens is 1. The van der Waals surface area contributed by atoms with Gasteiger partial charge in [0, 0.05) is 36.8 Å². The highest BCUT2D eigenvalue weighted by Crippen LogP contribution is 2.41. The minimum atomic E-state index is -0.391. The van der Waals surface area contributed by atoms with E-state index in [2.05, 4.69) is 18.8 Å². The van der Waals surface area contributed by atoms with E-state index >= 15 is 0 Å². The molecule has 6 nitrogen and oxygen atoms in total. The lowest BCUT2D eigenvalue weighted by molar-refractivity contribution is -0.147. The monoisotopic (exact) mass is 367 g/mol.